The van der Waals surface area contributed by atoms with Crippen LogP contribution in [0.2, 0.25) is 5.15 Å². The second kappa shape index (κ2) is 7.76. The Balaban J connectivity index is 1.81. The highest BCUT2D eigenvalue weighted by Gasteiger charge is 2.14. The number of thioether (sulfide) groups is 1. The number of methoxy groups -OCH3 is 1. The fourth-order valence-electron chi connectivity index (χ4n) is 2.43. The lowest BCUT2D eigenvalue weighted by Gasteiger charge is -2.10. The summed E-state index contributed by atoms with van der Waals surface area (Å²) in [4.78, 5) is 17.8. The summed E-state index contributed by atoms with van der Waals surface area (Å²) in [5.74, 6) is 0.00572. The number of para-hydroxylation sites is 1. The number of halogens is 1. The minimum atomic E-state index is -0.466. The number of benzene rings is 2. The van der Waals surface area contributed by atoms with Crippen LogP contribution in [-0.4, -0.2) is 24.3 Å². The van der Waals surface area contributed by atoms with Gasteiger partial charge in [0.05, 0.1) is 12.6 Å². The number of hydrogen-bond acceptors (Lipinski definition) is 5. The molecule has 0 saturated carbocycles. The first-order valence-electron chi connectivity index (χ1n) is 7.55. The number of carbonyl (C=O) groups is 1. The van der Waals surface area contributed by atoms with E-state index in [-0.39, 0.29) is 6.61 Å². The number of fused-ring (bicyclic) bond motifs is 1. The Labute approximate surface area is 155 Å². The summed E-state index contributed by atoms with van der Waals surface area (Å²) >= 11 is 7.90. The summed E-state index contributed by atoms with van der Waals surface area (Å²) in [5, 5.41) is 1.28. The first kappa shape index (κ1) is 17.6. The van der Waals surface area contributed by atoms with Crippen LogP contribution in [0.5, 0.6) is 5.75 Å². The Morgan fingerprint density at radius 3 is 2.76 bits per heavy atom. The molecule has 2 aromatic carbocycles. The number of hydrogen-bond donors (Lipinski definition) is 0. The van der Waals surface area contributed by atoms with Crippen molar-refractivity contribution in [3.63, 3.8) is 0 Å². The van der Waals surface area contributed by atoms with Gasteiger partial charge in [-0.15, -0.1) is 11.8 Å². The molecule has 0 spiro atoms. The number of esters is 1. The normalized spacial score (nSPS) is 10.7. The van der Waals surface area contributed by atoms with E-state index in [0.29, 0.717) is 22.0 Å². The van der Waals surface area contributed by atoms with Crippen LogP contribution in [0, 0.1) is 0 Å². The molecule has 0 saturated heterocycles. The molecule has 0 bridgehead atoms. The van der Waals surface area contributed by atoms with Gasteiger partial charge in [0.2, 0.25) is 0 Å². The molecular weight excluding hydrogens is 358 g/mol. The van der Waals surface area contributed by atoms with Crippen LogP contribution in [0.3, 0.4) is 0 Å². The van der Waals surface area contributed by atoms with Gasteiger partial charge in [-0.05, 0) is 36.6 Å². The molecule has 25 heavy (non-hydrogen) atoms. The third-order valence-electron chi connectivity index (χ3n) is 3.74. The third kappa shape index (κ3) is 3.89. The highest BCUT2D eigenvalue weighted by molar-refractivity contribution is 7.98. The van der Waals surface area contributed by atoms with Crippen LogP contribution in [0.15, 0.2) is 53.4 Å². The minimum Gasteiger partial charge on any atom is -0.496 e. The van der Waals surface area contributed by atoms with Crippen molar-refractivity contribution in [2.45, 2.75) is 11.5 Å². The minimum absolute atomic E-state index is 0.0446. The molecule has 0 fully saturated rings. The zero-order chi connectivity index (χ0) is 17.8. The van der Waals surface area contributed by atoms with E-state index >= 15 is 0 Å². The average molecular weight is 374 g/mol. The lowest BCUT2D eigenvalue weighted by Crippen LogP contribution is -2.07. The van der Waals surface area contributed by atoms with Crippen LogP contribution < -0.4 is 4.74 Å². The van der Waals surface area contributed by atoms with Gasteiger partial charge in [0.1, 0.15) is 23.1 Å². The van der Waals surface area contributed by atoms with Crippen LogP contribution in [-0.2, 0) is 11.3 Å². The van der Waals surface area contributed by atoms with Gasteiger partial charge in [-0.25, -0.2) is 9.78 Å². The van der Waals surface area contributed by atoms with Crippen molar-refractivity contribution in [1.82, 2.24) is 4.98 Å². The van der Waals surface area contributed by atoms with E-state index in [4.69, 9.17) is 21.1 Å². The molecule has 0 amide bonds. The predicted molar refractivity (Wildman–Crippen MR) is 101 cm³/mol. The number of carbonyl (C=O) groups excluding carboxylic acids is 1. The molecule has 3 rings (SSSR count). The van der Waals surface area contributed by atoms with E-state index in [2.05, 4.69) is 4.98 Å². The molecule has 4 nitrogen and oxygen atoms in total. The van der Waals surface area contributed by atoms with E-state index < -0.39 is 5.97 Å². The van der Waals surface area contributed by atoms with E-state index in [0.717, 1.165) is 15.8 Å². The summed E-state index contributed by atoms with van der Waals surface area (Å²) < 4.78 is 10.6. The first-order valence-corrected chi connectivity index (χ1v) is 9.16. The molecule has 1 aromatic heterocycles. The van der Waals surface area contributed by atoms with Crippen LogP contribution in [0.1, 0.15) is 15.9 Å². The molecule has 0 N–H and O–H groups in total. The Kier molecular flexibility index (Phi) is 5.46. The smallest absolute Gasteiger partial charge is 0.342 e. The molecule has 0 aliphatic carbocycles. The maximum Gasteiger partial charge on any atom is 0.342 e. The number of ether oxygens (including phenoxy) is 2. The molecule has 6 heteroatoms. The van der Waals surface area contributed by atoms with Gasteiger partial charge in [0.15, 0.2) is 0 Å². The molecule has 0 unspecified atom stereocenters. The standard InChI is InChI=1S/C19H16ClNO3S/c1-23-17-6-4-3-5-15(17)19(22)24-11-13-9-12-7-8-14(25-2)10-16(12)21-18(13)20/h3-10H,11H2,1-2H3. The van der Waals surface area contributed by atoms with Crippen molar-refractivity contribution >= 4 is 40.2 Å². The second-order valence-electron chi connectivity index (χ2n) is 5.27. The van der Waals surface area contributed by atoms with Crippen molar-refractivity contribution in [1.29, 1.82) is 0 Å². The van der Waals surface area contributed by atoms with E-state index in [1.807, 2.05) is 30.5 Å². The molecule has 3 aromatic rings. The SMILES string of the molecule is COc1ccccc1C(=O)OCc1cc2ccc(SC)cc2nc1Cl. The molecular formula is C19H16ClNO3S. The molecule has 1 heterocycles. The largest absolute Gasteiger partial charge is 0.496 e. The van der Waals surface area contributed by atoms with E-state index in [9.17, 15) is 4.79 Å². The van der Waals surface area contributed by atoms with Crippen LogP contribution in [0.25, 0.3) is 10.9 Å². The van der Waals surface area contributed by atoms with Crippen molar-refractivity contribution in [2.75, 3.05) is 13.4 Å². The average Bonchev–Trinajstić information content (AvgIpc) is 2.65. The monoisotopic (exact) mass is 373 g/mol. The van der Waals surface area contributed by atoms with Gasteiger partial charge >= 0.3 is 5.97 Å². The Morgan fingerprint density at radius 1 is 1.20 bits per heavy atom. The number of aromatic nitrogens is 1. The zero-order valence-corrected chi connectivity index (χ0v) is 15.4. The third-order valence-corrected chi connectivity index (χ3v) is 4.79. The van der Waals surface area contributed by atoms with Gasteiger partial charge in [-0.1, -0.05) is 29.8 Å². The summed E-state index contributed by atoms with van der Waals surface area (Å²) in [6.45, 7) is 0.0446. The van der Waals surface area contributed by atoms with Crippen molar-refractivity contribution in [3.8, 4) is 5.75 Å². The van der Waals surface area contributed by atoms with Gasteiger partial charge in [0.25, 0.3) is 0 Å². The Bertz CT molecular complexity index is 930. The lowest BCUT2D eigenvalue weighted by molar-refractivity contribution is 0.0469. The fraction of sp³-hybridized carbons (Fsp3) is 0.158. The Hall–Kier alpha value is -2.24. The molecule has 128 valence electrons. The summed E-state index contributed by atoms with van der Waals surface area (Å²) in [5.41, 5.74) is 1.85. The van der Waals surface area contributed by atoms with Crippen molar-refractivity contribution in [3.05, 3.63) is 64.8 Å². The lowest BCUT2D eigenvalue weighted by atomic mass is 10.1. The quantitative estimate of drug-likeness (QED) is 0.359. The first-order chi connectivity index (χ1) is 12.1. The summed E-state index contributed by atoms with van der Waals surface area (Å²) in [7, 11) is 1.51. The van der Waals surface area contributed by atoms with Gasteiger partial charge in [0, 0.05) is 15.8 Å². The van der Waals surface area contributed by atoms with Gasteiger partial charge in [-0.3, -0.25) is 0 Å². The molecule has 0 aliphatic heterocycles. The molecule has 0 aliphatic rings. The van der Waals surface area contributed by atoms with Crippen molar-refractivity contribution < 1.29 is 14.3 Å². The number of rotatable bonds is 5. The highest BCUT2D eigenvalue weighted by Crippen LogP contribution is 2.26. The number of pyridine rings is 1. The van der Waals surface area contributed by atoms with E-state index in [1.54, 1.807) is 36.0 Å². The van der Waals surface area contributed by atoms with Crippen LogP contribution in [0.4, 0.5) is 0 Å². The topological polar surface area (TPSA) is 48.4 Å². The van der Waals surface area contributed by atoms with E-state index in [1.165, 1.54) is 7.11 Å². The molecule has 0 radical (unpaired) electrons. The fourth-order valence-corrected chi connectivity index (χ4v) is 3.06. The van der Waals surface area contributed by atoms with Crippen molar-refractivity contribution in [2.24, 2.45) is 0 Å². The maximum absolute atomic E-state index is 12.3. The summed E-state index contributed by atoms with van der Waals surface area (Å²) in [6, 6.07) is 14.8. The maximum atomic E-state index is 12.3. The molecule has 0 atom stereocenters. The van der Waals surface area contributed by atoms with Crippen LogP contribution >= 0.6 is 23.4 Å². The zero-order valence-electron chi connectivity index (χ0n) is 13.8. The Morgan fingerprint density at radius 2 is 2.00 bits per heavy atom. The summed E-state index contributed by atoms with van der Waals surface area (Å²) in [6.07, 6.45) is 2.01. The predicted octanol–water partition coefficient (Wildman–Crippen LogP) is 4.98. The highest BCUT2D eigenvalue weighted by atomic mass is 35.5. The second-order valence-corrected chi connectivity index (χ2v) is 6.51. The van der Waals surface area contributed by atoms with Gasteiger partial charge < -0.3 is 9.47 Å². The number of nitrogens with zero attached hydrogens (tertiary/aromatic N) is 1. The van der Waals surface area contributed by atoms with Gasteiger partial charge in [-0.2, -0.15) is 0 Å².